The summed E-state index contributed by atoms with van der Waals surface area (Å²) in [5.41, 5.74) is 0.240. The van der Waals surface area contributed by atoms with E-state index in [0.717, 1.165) is 0 Å². The first-order valence-corrected chi connectivity index (χ1v) is 5.81. The Kier molecular flexibility index (Phi) is 3.22. The average Bonchev–Trinajstić information content (AvgIpc) is 2.32. The van der Waals surface area contributed by atoms with Crippen molar-refractivity contribution in [1.82, 2.24) is 4.98 Å². The van der Waals surface area contributed by atoms with Crippen molar-refractivity contribution in [3.8, 4) is 0 Å². The third-order valence-corrected chi connectivity index (χ3v) is 3.27. The number of hydrogen-bond acceptors (Lipinski definition) is 3. The highest BCUT2D eigenvalue weighted by Crippen LogP contribution is 2.26. The number of halogens is 2. The van der Waals surface area contributed by atoms with Crippen LogP contribution in [0.2, 0.25) is 5.02 Å². The van der Waals surface area contributed by atoms with E-state index in [9.17, 15) is 9.59 Å². The highest BCUT2D eigenvalue weighted by atomic mass is 79.9. The van der Waals surface area contributed by atoms with Gasteiger partial charge in [-0.05, 0) is 28.1 Å². The van der Waals surface area contributed by atoms with Gasteiger partial charge in [0, 0.05) is 10.5 Å². The van der Waals surface area contributed by atoms with Crippen molar-refractivity contribution in [1.29, 1.82) is 0 Å². The van der Waals surface area contributed by atoms with Gasteiger partial charge in [-0.1, -0.05) is 11.6 Å². The minimum atomic E-state index is -0.601. The number of hydrogen-bond donors (Lipinski definition) is 1. The number of carbonyl (C=O) groups excluding carboxylic acids is 1. The van der Waals surface area contributed by atoms with Gasteiger partial charge in [0.2, 0.25) is 0 Å². The smallest absolute Gasteiger partial charge is 0.354 e. The molecule has 0 saturated heterocycles. The number of aromatic amines is 1. The Morgan fingerprint density at radius 1 is 1.47 bits per heavy atom. The largest absolute Gasteiger partial charge is 0.464 e. The van der Waals surface area contributed by atoms with Crippen molar-refractivity contribution in [2.45, 2.75) is 0 Å². The number of benzene rings is 1. The quantitative estimate of drug-likeness (QED) is 0.823. The summed E-state index contributed by atoms with van der Waals surface area (Å²) in [7, 11) is 1.25. The van der Waals surface area contributed by atoms with Crippen LogP contribution in [0.25, 0.3) is 10.9 Å². The Bertz CT molecular complexity index is 666. The molecular weight excluding hydrogens is 309 g/mol. The topological polar surface area (TPSA) is 59.2 Å². The van der Waals surface area contributed by atoms with Crippen LogP contribution in [0.1, 0.15) is 10.5 Å². The predicted octanol–water partition coefficient (Wildman–Crippen LogP) is 2.73. The van der Waals surface area contributed by atoms with Gasteiger partial charge >= 0.3 is 5.97 Å². The van der Waals surface area contributed by atoms with Crippen LogP contribution in [0, 0.1) is 0 Å². The van der Waals surface area contributed by atoms with Crippen LogP contribution >= 0.6 is 27.5 Å². The third-order valence-electron chi connectivity index (χ3n) is 2.29. The summed E-state index contributed by atoms with van der Waals surface area (Å²) in [6.45, 7) is 0. The van der Waals surface area contributed by atoms with Gasteiger partial charge < -0.3 is 9.72 Å². The Labute approximate surface area is 110 Å². The second-order valence-electron chi connectivity index (χ2n) is 3.32. The van der Waals surface area contributed by atoms with Crippen molar-refractivity contribution in [3.05, 3.63) is 43.6 Å². The van der Waals surface area contributed by atoms with Crippen molar-refractivity contribution in [2.24, 2.45) is 0 Å². The zero-order valence-electron chi connectivity index (χ0n) is 8.71. The zero-order valence-corrected chi connectivity index (χ0v) is 11.1. The van der Waals surface area contributed by atoms with E-state index in [4.69, 9.17) is 11.6 Å². The molecule has 1 aromatic heterocycles. The Morgan fingerprint density at radius 3 is 2.82 bits per heavy atom. The second-order valence-corrected chi connectivity index (χ2v) is 4.58. The van der Waals surface area contributed by atoms with Crippen LogP contribution in [-0.4, -0.2) is 18.1 Å². The lowest BCUT2D eigenvalue weighted by molar-refractivity contribution is 0.0594. The Balaban J connectivity index is 2.87. The molecule has 17 heavy (non-hydrogen) atoms. The van der Waals surface area contributed by atoms with Gasteiger partial charge in [-0.15, -0.1) is 0 Å². The molecule has 0 bridgehead atoms. The van der Waals surface area contributed by atoms with Crippen molar-refractivity contribution in [2.75, 3.05) is 7.11 Å². The molecular formula is C11H7BrClNO3. The highest BCUT2D eigenvalue weighted by molar-refractivity contribution is 9.10. The second kappa shape index (κ2) is 4.50. The molecule has 0 unspecified atom stereocenters. The summed E-state index contributed by atoms with van der Waals surface area (Å²) in [4.78, 5) is 26.0. The molecule has 2 aromatic rings. The van der Waals surface area contributed by atoms with Gasteiger partial charge in [0.05, 0.1) is 23.0 Å². The fourth-order valence-corrected chi connectivity index (χ4v) is 2.19. The van der Waals surface area contributed by atoms with Crippen LogP contribution in [0.3, 0.4) is 0 Å². The molecule has 0 radical (unpaired) electrons. The van der Waals surface area contributed by atoms with Crippen molar-refractivity contribution in [3.63, 3.8) is 0 Å². The lowest BCUT2D eigenvalue weighted by atomic mass is 10.2. The molecule has 0 fully saturated rings. The van der Waals surface area contributed by atoms with E-state index < -0.39 is 5.97 Å². The predicted molar refractivity (Wildman–Crippen MR) is 68.6 cm³/mol. The number of nitrogens with one attached hydrogen (secondary N) is 1. The first kappa shape index (κ1) is 12.1. The Morgan fingerprint density at radius 2 is 2.18 bits per heavy atom. The normalized spacial score (nSPS) is 10.5. The van der Waals surface area contributed by atoms with Crippen LogP contribution in [0.4, 0.5) is 0 Å². The summed E-state index contributed by atoms with van der Waals surface area (Å²) in [5.74, 6) is -0.601. The van der Waals surface area contributed by atoms with E-state index in [1.807, 2.05) is 0 Å². The zero-order chi connectivity index (χ0) is 12.6. The lowest BCUT2D eigenvalue weighted by Gasteiger charge is -2.05. The number of fused-ring (bicyclic) bond motifs is 1. The molecule has 0 atom stereocenters. The molecule has 1 N–H and O–H groups in total. The minimum absolute atomic E-state index is 0.0907. The van der Waals surface area contributed by atoms with E-state index in [1.165, 1.54) is 13.2 Å². The van der Waals surface area contributed by atoms with Crippen LogP contribution < -0.4 is 5.43 Å². The number of methoxy groups -OCH3 is 1. The van der Waals surface area contributed by atoms with Crippen LogP contribution in [0.5, 0.6) is 0 Å². The number of ether oxygens (including phenoxy) is 1. The summed E-state index contributed by atoms with van der Waals surface area (Å²) in [6.07, 6.45) is 0. The lowest BCUT2D eigenvalue weighted by Crippen LogP contribution is -2.11. The average molecular weight is 317 g/mol. The van der Waals surface area contributed by atoms with Crippen LogP contribution in [-0.2, 0) is 4.74 Å². The molecule has 4 nitrogen and oxygen atoms in total. The van der Waals surface area contributed by atoms with E-state index in [2.05, 4.69) is 25.7 Å². The van der Waals surface area contributed by atoms with Gasteiger partial charge in [-0.3, -0.25) is 4.79 Å². The molecule has 6 heteroatoms. The molecule has 2 rings (SSSR count). The van der Waals surface area contributed by atoms with Gasteiger partial charge in [0.25, 0.3) is 0 Å². The number of carbonyl (C=O) groups is 1. The summed E-state index contributed by atoms with van der Waals surface area (Å²) >= 11 is 9.23. The molecule has 0 aliphatic rings. The standard InChI is InChI=1S/C11H7BrClNO3/c1-17-11(16)7-4-8(15)9-6(13)3-2-5(12)10(9)14-7/h2-4H,1H3,(H,14,15). The maximum atomic E-state index is 11.9. The molecule has 0 amide bonds. The number of aromatic nitrogens is 1. The van der Waals surface area contributed by atoms with E-state index >= 15 is 0 Å². The molecule has 1 aromatic carbocycles. The van der Waals surface area contributed by atoms with E-state index in [0.29, 0.717) is 20.4 Å². The van der Waals surface area contributed by atoms with Gasteiger partial charge in [-0.2, -0.15) is 0 Å². The van der Waals surface area contributed by atoms with Crippen LogP contribution in [0.15, 0.2) is 27.5 Å². The molecule has 0 spiro atoms. The maximum absolute atomic E-state index is 11.9. The van der Waals surface area contributed by atoms with Gasteiger partial charge in [-0.25, -0.2) is 4.79 Å². The molecule has 1 heterocycles. The first-order chi connectivity index (χ1) is 8.04. The number of rotatable bonds is 1. The maximum Gasteiger partial charge on any atom is 0.354 e. The fraction of sp³-hybridized carbons (Fsp3) is 0.0909. The first-order valence-electron chi connectivity index (χ1n) is 4.64. The van der Waals surface area contributed by atoms with Gasteiger partial charge in [0.15, 0.2) is 5.43 Å². The Hall–Kier alpha value is -1.33. The monoisotopic (exact) mass is 315 g/mol. The van der Waals surface area contributed by atoms with Gasteiger partial charge in [0.1, 0.15) is 5.69 Å². The molecule has 0 saturated carbocycles. The van der Waals surface area contributed by atoms with Crippen molar-refractivity contribution < 1.29 is 9.53 Å². The summed E-state index contributed by atoms with van der Waals surface area (Å²) < 4.78 is 5.21. The number of esters is 1. The van der Waals surface area contributed by atoms with Crippen molar-refractivity contribution >= 4 is 44.4 Å². The third kappa shape index (κ3) is 2.08. The molecule has 0 aliphatic heterocycles. The SMILES string of the molecule is COC(=O)c1cc(=O)c2c(Cl)ccc(Br)c2[nH]1. The van der Waals surface area contributed by atoms with E-state index in [1.54, 1.807) is 12.1 Å². The molecule has 88 valence electrons. The fourth-order valence-electron chi connectivity index (χ4n) is 1.51. The molecule has 0 aliphatic carbocycles. The summed E-state index contributed by atoms with van der Waals surface area (Å²) in [6, 6.07) is 4.48. The highest BCUT2D eigenvalue weighted by Gasteiger charge is 2.13. The summed E-state index contributed by atoms with van der Waals surface area (Å²) in [5, 5.41) is 0.676. The van der Waals surface area contributed by atoms with E-state index in [-0.39, 0.29) is 11.1 Å². The number of H-pyrrole nitrogens is 1. The number of pyridine rings is 1. The minimum Gasteiger partial charge on any atom is -0.464 e.